The van der Waals surface area contributed by atoms with Crippen molar-refractivity contribution in [2.75, 3.05) is 31.5 Å². The zero-order valence-electron chi connectivity index (χ0n) is 17.9. The molecule has 2 aliphatic carbocycles. The number of anilines is 1. The largest absolute Gasteiger partial charge is 0.368 e. The Morgan fingerprint density at radius 3 is 2.52 bits per heavy atom. The van der Waals surface area contributed by atoms with Crippen molar-refractivity contribution in [1.82, 2.24) is 24.9 Å². The summed E-state index contributed by atoms with van der Waals surface area (Å²) in [4.78, 5) is 2.73. The molecule has 1 saturated heterocycles. The van der Waals surface area contributed by atoms with Crippen LogP contribution in [0.1, 0.15) is 50.6 Å². The molecule has 0 amide bonds. The van der Waals surface area contributed by atoms with E-state index < -0.39 is 0 Å². The lowest BCUT2D eigenvalue weighted by atomic mass is 9.57. The summed E-state index contributed by atoms with van der Waals surface area (Å²) in [7, 11) is 1.93. The third kappa shape index (κ3) is 4.04. The Kier molecular flexibility index (Phi) is 5.06. The van der Waals surface area contributed by atoms with Gasteiger partial charge in [-0.15, -0.1) is 10.2 Å². The van der Waals surface area contributed by atoms with Crippen LogP contribution in [-0.4, -0.2) is 51.1 Å². The van der Waals surface area contributed by atoms with Crippen molar-refractivity contribution in [3.63, 3.8) is 0 Å². The number of hydrogen-bond donors (Lipinski definition) is 1. The van der Waals surface area contributed by atoms with Crippen LogP contribution >= 0.6 is 0 Å². The van der Waals surface area contributed by atoms with Crippen molar-refractivity contribution >= 4 is 5.82 Å². The van der Waals surface area contributed by atoms with Crippen LogP contribution in [0.5, 0.6) is 0 Å². The predicted octanol–water partition coefficient (Wildman–Crippen LogP) is 3.89. The van der Waals surface area contributed by atoms with Gasteiger partial charge in [-0.05, 0) is 62.0 Å². The minimum atomic E-state index is 0.647. The van der Waals surface area contributed by atoms with E-state index in [1.165, 1.54) is 64.6 Å². The van der Waals surface area contributed by atoms with Gasteiger partial charge in [-0.2, -0.15) is 5.10 Å². The molecule has 3 aliphatic rings. The van der Waals surface area contributed by atoms with Crippen LogP contribution in [0, 0.1) is 24.2 Å². The Balaban J connectivity index is 1.04. The van der Waals surface area contributed by atoms with E-state index in [9.17, 15) is 0 Å². The molecule has 0 unspecified atom stereocenters. The number of nitrogens with one attached hydrogen (secondary N) is 1. The van der Waals surface area contributed by atoms with Gasteiger partial charge in [0.1, 0.15) is 5.82 Å². The zero-order valence-corrected chi connectivity index (χ0v) is 17.9. The van der Waals surface area contributed by atoms with Crippen molar-refractivity contribution in [3.05, 3.63) is 24.0 Å². The van der Waals surface area contributed by atoms with Gasteiger partial charge in [0.15, 0.2) is 0 Å². The third-order valence-corrected chi connectivity index (χ3v) is 7.33. The molecular weight excluding hydrogens is 360 g/mol. The Morgan fingerprint density at radius 1 is 1.07 bits per heavy atom. The van der Waals surface area contributed by atoms with Crippen molar-refractivity contribution in [3.8, 4) is 11.3 Å². The van der Waals surface area contributed by atoms with Crippen LogP contribution < -0.4 is 5.32 Å². The molecule has 2 aromatic rings. The first-order valence-corrected chi connectivity index (χ1v) is 11.4. The summed E-state index contributed by atoms with van der Waals surface area (Å²) in [5.41, 5.74) is 3.57. The molecule has 3 heterocycles. The summed E-state index contributed by atoms with van der Waals surface area (Å²) in [6.07, 6.45) is 12.1. The highest BCUT2D eigenvalue weighted by Crippen LogP contribution is 2.52. The van der Waals surface area contributed by atoms with Gasteiger partial charge in [-0.1, -0.05) is 19.3 Å². The normalized spacial score (nSPS) is 22.4. The maximum Gasteiger partial charge on any atom is 0.148 e. The van der Waals surface area contributed by atoms with Gasteiger partial charge in [-0.25, -0.2) is 0 Å². The SMILES string of the molecule is Cc1nn(C)cc1-c1ccc(NCC2CC3(C2)CN(CC2CCCCC2)C3)nn1. The average molecular weight is 395 g/mol. The highest BCUT2D eigenvalue weighted by Gasteiger charge is 2.51. The Morgan fingerprint density at radius 2 is 1.86 bits per heavy atom. The molecule has 6 heteroatoms. The molecule has 0 atom stereocenters. The van der Waals surface area contributed by atoms with Crippen LogP contribution in [0.2, 0.25) is 0 Å². The standard InChI is InChI=1S/C23H34N6/c1-17-20(14-28(2)27-17)21-8-9-22(26-25-21)24-12-19-10-23(11-19)15-29(16-23)13-18-6-4-3-5-7-18/h8-9,14,18-19H,3-7,10-13,15-16H2,1-2H3,(H,24,26). The number of hydrogen-bond acceptors (Lipinski definition) is 5. The number of likely N-dealkylation sites (tertiary alicyclic amines) is 1. The van der Waals surface area contributed by atoms with E-state index in [0.717, 1.165) is 41.1 Å². The van der Waals surface area contributed by atoms with Crippen LogP contribution in [0.25, 0.3) is 11.3 Å². The van der Waals surface area contributed by atoms with E-state index in [1.807, 2.05) is 37.0 Å². The van der Waals surface area contributed by atoms with Gasteiger partial charge >= 0.3 is 0 Å². The highest BCUT2D eigenvalue weighted by molar-refractivity contribution is 5.61. The summed E-state index contributed by atoms with van der Waals surface area (Å²) >= 11 is 0. The van der Waals surface area contributed by atoms with Crippen molar-refractivity contribution in [2.24, 2.45) is 24.3 Å². The molecule has 1 spiro atoms. The molecule has 3 fully saturated rings. The van der Waals surface area contributed by atoms with Gasteiger partial charge in [-0.3, -0.25) is 4.68 Å². The number of aryl methyl sites for hydroxylation is 2. The van der Waals surface area contributed by atoms with Gasteiger partial charge in [0.05, 0.1) is 11.4 Å². The fourth-order valence-corrected chi connectivity index (χ4v) is 6.00. The van der Waals surface area contributed by atoms with Gasteiger partial charge in [0.2, 0.25) is 0 Å². The number of nitrogens with zero attached hydrogens (tertiary/aromatic N) is 5. The second kappa shape index (κ2) is 7.71. The molecule has 2 aromatic heterocycles. The smallest absolute Gasteiger partial charge is 0.148 e. The molecule has 1 aliphatic heterocycles. The van der Waals surface area contributed by atoms with E-state index in [-0.39, 0.29) is 0 Å². The molecule has 5 rings (SSSR count). The molecular formula is C23H34N6. The molecule has 6 nitrogen and oxygen atoms in total. The lowest BCUT2D eigenvalue weighted by molar-refractivity contribution is -0.0970. The summed E-state index contributed by atoms with van der Waals surface area (Å²) in [6, 6.07) is 4.08. The quantitative estimate of drug-likeness (QED) is 0.805. The Bertz CT molecular complexity index is 822. The molecule has 29 heavy (non-hydrogen) atoms. The number of aromatic nitrogens is 4. The van der Waals surface area contributed by atoms with Crippen molar-refractivity contribution < 1.29 is 0 Å². The Hall–Kier alpha value is -1.95. The van der Waals surface area contributed by atoms with E-state index in [2.05, 4.69) is 25.5 Å². The lowest BCUT2D eigenvalue weighted by Crippen LogP contribution is -2.63. The van der Waals surface area contributed by atoms with Gasteiger partial charge in [0, 0.05) is 45.0 Å². The third-order valence-electron chi connectivity index (χ3n) is 7.33. The van der Waals surface area contributed by atoms with E-state index in [4.69, 9.17) is 0 Å². The highest BCUT2D eigenvalue weighted by atomic mass is 15.3. The minimum absolute atomic E-state index is 0.647. The zero-order chi connectivity index (χ0) is 19.8. The van der Waals surface area contributed by atoms with Crippen LogP contribution in [0.3, 0.4) is 0 Å². The monoisotopic (exact) mass is 394 g/mol. The second-order valence-corrected chi connectivity index (χ2v) is 9.93. The first kappa shape index (κ1) is 19.0. The summed E-state index contributed by atoms with van der Waals surface area (Å²) < 4.78 is 1.82. The second-order valence-electron chi connectivity index (χ2n) is 9.93. The maximum atomic E-state index is 4.39. The summed E-state index contributed by atoms with van der Waals surface area (Å²) in [5, 5.41) is 16.7. The fraction of sp³-hybridized carbons (Fsp3) is 0.696. The number of rotatable bonds is 6. The average Bonchev–Trinajstić information content (AvgIpc) is 3.01. The summed E-state index contributed by atoms with van der Waals surface area (Å²) in [5.74, 6) is 2.65. The van der Waals surface area contributed by atoms with Gasteiger partial charge in [0.25, 0.3) is 0 Å². The molecule has 156 valence electrons. The molecule has 0 aromatic carbocycles. The predicted molar refractivity (Wildman–Crippen MR) is 116 cm³/mol. The van der Waals surface area contributed by atoms with Crippen LogP contribution in [0.15, 0.2) is 18.3 Å². The van der Waals surface area contributed by atoms with Gasteiger partial charge < -0.3 is 10.2 Å². The lowest BCUT2D eigenvalue weighted by Gasteiger charge is -2.60. The molecule has 2 saturated carbocycles. The topological polar surface area (TPSA) is 58.9 Å². The van der Waals surface area contributed by atoms with E-state index in [1.54, 1.807) is 0 Å². The molecule has 0 radical (unpaired) electrons. The van der Waals surface area contributed by atoms with E-state index in [0.29, 0.717) is 5.41 Å². The first-order chi connectivity index (χ1) is 14.1. The summed E-state index contributed by atoms with van der Waals surface area (Å²) in [6.45, 7) is 7.08. The van der Waals surface area contributed by atoms with Crippen molar-refractivity contribution in [1.29, 1.82) is 0 Å². The minimum Gasteiger partial charge on any atom is -0.368 e. The maximum absolute atomic E-state index is 4.39. The Labute approximate surface area is 174 Å². The molecule has 0 bridgehead atoms. The molecule has 1 N–H and O–H groups in total. The van der Waals surface area contributed by atoms with Crippen LogP contribution in [-0.2, 0) is 7.05 Å². The van der Waals surface area contributed by atoms with Crippen molar-refractivity contribution in [2.45, 2.75) is 51.9 Å². The fourth-order valence-electron chi connectivity index (χ4n) is 6.00. The first-order valence-electron chi connectivity index (χ1n) is 11.4. The van der Waals surface area contributed by atoms with E-state index >= 15 is 0 Å². The van der Waals surface area contributed by atoms with Crippen LogP contribution in [0.4, 0.5) is 5.82 Å².